The maximum Gasteiger partial charge on any atom is 0.286 e. The Balaban J connectivity index is 1.77. The van der Waals surface area contributed by atoms with Crippen molar-refractivity contribution in [2.45, 2.75) is 13.8 Å². The van der Waals surface area contributed by atoms with Crippen molar-refractivity contribution in [1.29, 1.82) is 0 Å². The summed E-state index contributed by atoms with van der Waals surface area (Å²) in [5.41, 5.74) is 7.85. The van der Waals surface area contributed by atoms with Crippen LogP contribution >= 0.6 is 11.3 Å². The first-order chi connectivity index (χ1) is 11.1. The summed E-state index contributed by atoms with van der Waals surface area (Å²) in [5, 5.41) is 2.69. The van der Waals surface area contributed by atoms with Crippen LogP contribution in [0.5, 0.6) is 0 Å². The second-order valence-electron chi connectivity index (χ2n) is 5.08. The number of aromatic nitrogens is 2. The van der Waals surface area contributed by atoms with Crippen LogP contribution in [0, 0.1) is 13.8 Å². The third kappa shape index (κ3) is 2.91. The fourth-order valence-corrected chi connectivity index (χ4v) is 3.37. The monoisotopic (exact) mass is 328 g/mol. The van der Waals surface area contributed by atoms with Gasteiger partial charge in [-0.25, -0.2) is 0 Å². The summed E-state index contributed by atoms with van der Waals surface area (Å²) in [4.78, 5) is 27.0. The topological polar surface area (TPSA) is 78.9 Å². The summed E-state index contributed by atoms with van der Waals surface area (Å²) < 4.78 is 2.02. The molecule has 3 rings (SSSR count). The van der Waals surface area contributed by atoms with Crippen LogP contribution in [0.15, 0.2) is 41.9 Å². The molecule has 0 aliphatic heterocycles. The van der Waals surface area contributed by atoms with E-state index in [4.69, 9.17) is 0 Å². The Morgan fingerprint density at radius 2 is 1.74 bits per heavy atom. The zero-order chi connectivity index (χ0) is 16.4. The van der Waals surface area contributed by atoms with Crippen molar-refractivity contribution in [3.05, 3.63) is 64.6 Å². The fourth-order valence-electron chi connectivity index (χ4n) is 2.36. The summed E-state index contributed by atoms with van der Waals surface area (Å²) in [7, 11) is 0. The first-order valence-corrected chi connectivity index (χ1v) is 7.93. The van der Waals surface area contributed by atoms with E-state index in [0.29, 0.717) is 11.3 Å². The first kappa shape index (κ1) is 15.1. The summed E-state index contributed by atoms with van der Waals surface area (Å²) in [6, 6.07) is 9.10. The molecule has 7 heteroatoms. The molecule has 3 heterocycles. The third-order valence-corrected chi connectivity index (χ3v) is 4.39. The van der Waals surface area contributed by atoms with Crippen molar-refractivity contribution in [1.82, 2.24) is 20.4 Å². The van der Waals surface area contributed by atoms with Crippen LogP contribution in [0.4, 0.5) is 0 Å². The Labute approximate surface area is 137 Å². The van der Waals surface area contributed by atoms with E-state index in [1.165, 1.54) is 11.3 Å². The van der Waals surface area contributed by atoms with Crippen molar-refractivity contribution in [3.8, 4) is 5.00 Å². The van der Waals surface area contributed by atoms with Crippen LogP contribution in [0.25, 0.3) is 5.00 Å². The summed E-state index contributed by atoms with van der Waals surface area (Å²) >= 11 is 1.48. The smallest absolute Gasteiger partial charge is 0.286 e. The first-order valence-electron chi connectivity index (χ1n) is 7.05. The fraction of sp³-hybridized carbons (Fsp3) is 0.125. The van der Waals surface area contributed by atoms with Crippen molar-refractivity contribution in [2.24, 2.45) is 0 Å². The van der Waals surface area contributed by atoms with Crippen LogP contribution in [0.2, 0.25) is 0 Å². The van der Waals surface area contributed by atoms with Crippen molar-refractivity contribution in [3.63, 3.8) is 0 Å². The largest absolute Gasteiger partial charge is 0.357 e. The lowest BCUT2D eigenvalue weighted by Crippen LogP contribution is -2.41. The number of hydrogen-bond acceptors (Lipinski definition) is 3. The number of nitrogens with one attached hydrogen (secondary N) is 3. The zero-order valence-electron chi connectivity index (χ0n) is 12.7. The predicted octanol–water partition coefficient (Wildman–Crippen LogP) is 2.56. The van der Waals surface area contributed by atoms with Gasteiger partial charge in [0.05, 0.1) is 5.56 Å². The molecule has 2 amide bonds. The molecule has 3 aromatic rings. The van der Waals surface area contributed by atoms with Crippen LogP contribution in [-0.2, 0) is 0 Å². The summed E-state index contributed by atoms with van der Waals surface area (Å²) in [6.07, 6.45) is 1.64. The van der Waals surface area contributed by atoms with Gasteiger partial charge in [-0.15, -0.1) is 11.3 Å². The third-order valence-electron chi connectivity index (χ3n) is 3.50. The number of H-pyrrole nitrogens is 1. The molecule has 0 saturated heterocycles. The van der Waals surface area contributed by atoms with Gasteiger partial charge in [0.15, 0.2) is 0 Å². The van der Waals surface area contributed by atoms with Gasteiger partial charge in [0.25, 0.3) is 11.8 Å². The highest BCUT2D eigenvalue weighted by molar-refractivity contribution is 7.13. The minimum atomic E-state index is -0.395. The Hall–Kier alpha value is -2.80. The highest BCUT2D eigenvalue weighted by atomic mass is 32.1. The maximum atomic E-state index is 12.4. The average molecular weight is 328 g/mol. The Morgan fingerprint density at radius 1 is 1.04 bits per heavy atom. The highest BCUT2D eigenvalue weighted by Crippen LogP contribution is 2.25. The van der Waals surface area contributed by atoms with Gasteiger partial charge in [-0.1, -0.05) is 0 Å². The van der Waals surface area contributed by atoms with Crippen molar-refractivity contribution < 1.29 is 9.59 Å². The number of nitrogens with zero attached hydrogens (tertiary/aromatic N) is 1. The number of carbonyl (C=O) groups excluding carboxylic acids is 2. The van der Waals surface area contributed by atoms with Crippen molar-refractivity contribution in [2.75, 3.05) is 0 Å². The van der Waals surface area contributed by atoms with Crippen LogP contribution in [0.3, 0.4) is 0 Å². The molecule has 0 bridgehead atoms. The molecule has 118 valence electrons. The standard InChI is InChI=1S/C16H16N4O2S/c1-10-5-6-11(2)20(10)16-12(7-9-23-16)14(21)18-19-15(22)13-4-3-8-17-13/h3-9,17H,1-2H3,(H,18,21)(H,19,22). The molecule has 3 N–H and O–H groups in total. The van der Waals surface area contributed by atoms with Gasteiger partial charge in [0.2, 0.25) is 0 Å². The number of aromatic amines is 1. The van der Waals surface area contributed by atoms with Gasteiger partial charge in [-0.3, -0.25) is 20.4 Å². The predicted molar refractivity (Wildman–Crippen MR) is 88.8 cm³/mol. The van der Waals surface area contributed by atoms with E-state index in [2.05, 4.69) is 15.8 Å². The van der Waals surface area contributed by atoms with Crippen LogP contribution in [0.1, 0.15) is 32.2 Å². The highest BCUT2D eigenvalue weighted by Gasteiger charge is 2.17. The quantitative estimate of drug-likeness (QED) is 0.646. The second-order valence-corrected chi connectivity index (χ2v) is 5.98. The molecule has 0 aliphatic carbocycles. The van der Waals surface area contributed by atoms with E-state index in [9.17, 15) is 9.59 Å². The number of aryl methyl sites for hydroxylation is 2. The number of amides is 2. The molecule has 0 radical (unpaired) electrons. The summed E-state index contributed by atoms with van der Waals surface area (Å²) in [6.45, 7) is 3.98. The molecule has 0 saturated carbocycles. The van der Waals surface area contributed by atoms with Gasteiger partial charge in [0, 0.05) is 17.6 Å². The molecule has 3 aromatic heterocycles. The molecule has 23 heavy (non-hydrogen) atoms. The van der Waals surface area contributed by atoms with E-state index >= 15 is 0 Å². The lowest BCUT2D eigenvalue weighted by atomic mass is 10.3. The van der Waals surface area contributed by atoms with Crippen LogP contribution < -0.4 is 10.9 Å². The Bertz CT molecular complexity index is 826. The Morgan fingerprint density at radius 3 is 2.39 bits per heavy atom. The molecular weight excluding hydrogens is 312 g/mol. The van der Waals surface area contributed by atoms with E-state index in [0.717, 1.165) is 16.4 Å². The lowest BCUT2D eigenvalue weighted by Gasteiger charge is -2.11. The number of carbonyl (C=O) groups is 2. The van der Waals surface area contributed by atoms with Gasteiger partial charge in [-0.2, -0.15) is 0 Å². The molecule has 0 aliphatic rings. The molecule has 0 spiro atoms. The minimum Gasteiger partial charge on any atom is -0.357 e. The molecule has 0 atom stereocenters. The van der Waals surface area contributed by atoms with E-state index in [-0.39, 0.29) is 5.91 Å². The van der Waals surface area contributed by atoms with Crippen molar-refractivity contribution >= 4 is 23.2 Å². The van der Waals surface area contributed by atoms with E-state index in [1.807, 2.05) is 35.9 Å². The second kappa shape index (κ2) is 6.13. The molecule has 0 fully saturated rings. The molecular formula is C16H16N4O2S. The SMILES string of the molecule is Cc1ccc(C)n1-c1sccc1C(=O)NNC(=O)c1ccc[nH]1. The lowest BCUT2D eigenvalue weighted by molar-refractivity contribution is 0.0844. The average Bonchev–Trinajstić information content (AvgIpc) is 3.25. The van der Waals surface area contributed by atoms with Gasteiger partial charge in [-0.05, 0) is 49.6 Å². The van der Waals surface area contributed by atoms with E-state index in [1.54, 1.807) is 24.4 Å². The van der Waals surface area contributed by atoms with Gasteiger partial charge < -0.3 is 9.55 Å². The number of hydrazine groups is 1. The van der Waals surface area contributed by atoms with Gasteiger partial charge >= 0.3 is 0 Å². The minimum absolute atomic E-state index is 0.353. The number of rotatable bonds is 3. The van der Waals surface area contributed by atoms with E-state index < -0.39 is 5.91 Å². The molecule has 0 unspecified atom stereocenters. The number of thiophene rings is 1. The normalized spacial score (nSPS) is 10.5. The zero-order valence-corrected chi connectivity index (χ0v) is 13.5. The summed E-state index contributed by atoms with van der Waals surface area (Å²) in [5.74, 6) is -0.748. The Kier molecular flexibility index (Phi) is 4.03. The molecule has 6 nitrogen and oxygen atoms in total. The number of hydrogen-bond donors (Lipinski definition) is 3. The van der Waals surface area contributed by atoms with Crippen LogP contribution in [-0.4, -0.2) is 21.4 Å². The van der Waals surface area contributed by atoms with Gasteiger partial charge in [0.1, 0.15) is 10.7 Å². The maximum absolute atomic E-state index is 12.4. The molecule has 0 aromatic carbocycles.